The maximum Gasteiger partial charge on any atom is 0.407 e. The summed E-state index contributed by atoms with van der Waals surface area (Å²) in [7, 11) is 0. The van der Waals surface area contributed by atoms with Crippen molar-refractivity contribution in [1.82, 2.24) is 10.3 Å². The Balaban J connectivity index is 1.12. The number of alkyl carbamates (subject to hydrolysis) is 1. The molecule has 1 N–H and O–H groups in total. The van der Waals surface area contributed by atoms with Gasteiger partial charge in [-0.2, -0.15) is 0 Å². The van der Waals surface area contributed by atoms with E-state index < -0.39 is 6.09 Å². The highest BCUT2D eigenvalue weighted by molar-refractivity contribution is 6.35. The molecule has 1 aliphatic carbocycles. The Morgan fingerprint density at radius 3 is 2.48 bits per heavy atom. The molecule has 3 aromatic carbocycles. The third kappa shape index (κ3) is 4.48. The van der Waals surface area contributed by atoms with E-state index in [1.54, 1.807) is 12.3 Å². The van der Waals surface area contributed by atoms with Gasteiger partial charge in [-0.1, -0.05) is 84.4 Å². The van der Waals surface area contributed by atoms with Gasteiger partial charge in [0.25, 0.3) is 0 Å². The Bertz CT molecular complexity index is 1300. The molecule has 1 heterocycles. The van der Waals surface area contributed by atoms with Crippen molar-refractivity contribution in [3.63, 3.8) is 0 Å². The minimum atomic E-state index is -0.394. The average Bonchev–Trinajstić information content (AvgIpc) is 3.16. The van der Waals surface area contributed by atoms with Crippen LogP contribution < -0.4 is 5.32 Å². The molecule has 0 saturated carbocycles. The fourth-order valence-corrected chi connectivity index (χ4v) is 4.58. The first-order valence-corrected chi connectivity index (χ1v) is 11.4. The molecule has 0 radical (unpaired) electrons. The fourth-order valence-electron chi connectivity index (χ4n) is 4.36. The Kier molecular flexibility index (Phi) is 6.09. The molecule has 1 amide bonds. The van der Waals surface area contributed by atoms with Gasteiger partial charge in [0.2, 0.25) is 0 Å². The van der Waals surface area contributed by atoms with Crippen molar-refractivity contribution in [3.8, 4) is 11.1 Å². The first kappa shape index (κ1) is 21.2. The maximum absolute atomic E-state index is 12.3. The molecule has 1 aromatic heterocycles. The maximum atomic E-state index is 12.3. The van der Waals surface area contributed by atoms with Crippen LogP contribution in [0.25, 0.3) is 28.1 Å². The molecule has 4 nitrogen and oxygen atoms in total. The number of carbonyl (C=O) groups is 1. The van der Waals surface area contributed by atoms with Crippen molar-refractivity contribution in [3.05, 3.63) is 107 Å². The van der Waals surface area contributed by atoms with Gasteiger partial charge in [-0.05, 0) is 46.4 Å². The number of rotatable bonds is 6. The van der Waals surface area contributed by atoms with Crippen LogP contribution in [0.1, 0.15) is 29.0 Å². The van der Waals surface area contributed by atoms with Gasteiger partial charge in [-0.25, -0.2) is 4.79 Å². The number of ether oxygens (including phenoxy) is 1. The van der Waals surface area contributed by atoms with Crippen molar-refractivity contribution < 1.29 is 9.53 Å². The van der Waals surface area contributed by atoms with Gasteiger partial charge < -0.3 is 10.1 Å². The predicted octanol–water partition coefficient (Wildman–Crippen LogP) is 6.83. The number of hydrogen-bond donors (Lipinski definition) is 1. The van der Waals surface area contributed by atoms with E-state index in [-0.39, 0.29) is 5.92 Å². The van der Waals surface area contributed by atoms with E-state index in [9.17, 15) is 4.79 Å². The monoisotopic (exact) mass is 454 g/mol. The van der Waals surface area contributed by atoms with Gasteiger partial charge in [0.15, 0.2) is 0 Å². The van der Waals surface area contributed by atoms with Crippen molar-refractivity contribution in [2.45, 2.75) is 12.3 Å². The molecule has 0 saturated heterocycles. The zero-order valence-corrected chi connectivity index (χ0v) is 18.8. The van der Waals surface area contributed by atoms with Crippen LogP contribution in [0, 0.1) is 0 Å². The van der Waals surface area contributed by atoms with Gasteiger partial charge in [0, 0.05) is 24.0 Å². The van der Waals surface area contributed by atoms with Crippen molar-refractivity contribution in [2.24, 2.45) is 0 Å². The topological polar surface area (TPSA) is 51.2 Å². The van der Waals surface area contributed by atoms with Crippen LogP contribution in [0.2, 0.25) is 5.02 Å². The summed E-state index contributed by atoms with van der Waals surface area (Å²) >= 11 is 6.19. The number of carbonyl (C=O) groups excluding carboxylic acids is 1. The number of aromatic nitrogens is 1. The van der Waals surface area contributed by atoms with Crippen LogP contribution in [0.5, 0.6) is 0 Å². The Hall–Kier alpha value is -3.63. The van der Waals surface area contributed by atoms with Gasteiger partial charge in [-0.3, -0.25) is 4.98 Å². The molecule has 5 heteroatoms. The summed E-state index contributed by atoms with van der Waals surface area (Å²) in [5.41, 5.74) is 6.76. The molecule has 0 spiro atoms. The molecular weight excluding hydrogens is 432 g/mol. The summed E-state index contributed by atoms with van der Waals surface area (Å²) < 4.78 is 5.57. The molecule has 0 atom stereocenters. The quantitative estimate of drug-likeness (QED) is 0.325. The molecule has 164 valence electrons. The first-order chi connectivity index (χ1) is 16.2. The molecule has 0 aliphatic heterocycles. The summed E-state index contributed by atoms with van der Waals surface area (Å²) in [4.78, 5) is 16.6. The molecule has 33 heavy (non-hydrogen) atoms. The van der Waals surface area contributed by atoms with Crippen LogP contribution in [-0.4, -0.2) is 24.2 Å². The van der Waals surface area contributed by atoms with Crippen molar-refractivity contribution in [2.75, 3.05) is 13.2 Å². The van der Waals surface area contributed by atoms with Gasteiger partial charge in [-0.15, -0.1) is 0 Å². The number of nitrogens with one attached hydrogen (secondary N) is 1. The fraction of sp³-hybridized carbons (Fsp3) is 0.143. The zero-order valence-electron chi connectivity index (χ0n) is 18.0. The zero-order chi connectivity index (χ0) is 22.6. The van der Waals surface area contributed by atoms with E-state index in [4.69, 9.17) is 16.3 Å². The minimum Gasteiger partial charge on any atom is -0.449 e. The number of benzene rings is 3. The summed E-state index contributed by atoms with van der Waals surface area (Å²) in [6, 6.07) is 24.4. The van der Waals surface area contributed by atoms with E-state index in [2.05, 4.69) is 34.6 Å². The number of amides is 1. The van der Waals surface area contributed by atoms with Crippen LogP contribution in [0.3, 0.4) is 0 Å². The second kappa shape index (κ2) is 9.47. The molecule has 0 fully saturated rings. The van der Waals surface area contributed by atoms with Crippen molar-refractivity contribution >= 4 is 34.7 Å². The molecule has 1 aliphatic rings. The van der Waals surface area contributed by atoms with Gasteiger partial charge >= 0.3 is 6.09 Å². The summed E-state index contributed by atoms with van der Waals surface area (Å²) in [6.45, 7) is 0.827. The Morgan fingerprint density at radius 2 is 1.73 bits per heavy atom. The van der Waals surface area contributed by atoms with Crippen LogP contribution in [-0.2, 0) is 4.74 Å². The van der Waals surface area contributed by atoms with Crippen LogP contribution in [0.4, 0.5) is 4.79 Å². The predicted molar refractivity (Wildman–Crippen MR) is 133 cm³/mol. The summed E-state index contributed by atoms with van der Waals surface area (Å²) in [5.74, 6) is 0.0677. The molecule has 4 aromatic rings. The lowest BCUT2D eigenvalue weighted by Gasteiger charge is -2.14. The highest BCUT2D eigenvalue weighted by atomic mass is 35.5. The Labute approximate surface area is 197 Å². The SMILES string of the molecule is O=C(NCCC=Cc1ccc2c(Cl)ccnc2c1)OCC1c2ccccc2-c2ccccc21. The summed E-state index contributed by atoms with van der Waals surface area (Å²) in [5, 5.41) is 4.47. The number of hydrogen-bond acceptors (Lipinski definition) is 3. The average molecular weight is 455 g/mol. The van der Waals surface area contributed by atoms with Gasteiger partial charge in [0.05, 0.1) is 10.5 Å². The number of fused-ring (bicyclic) bond motifs is 4. The van der Waals surface area contributed by atoms with E-state index in [1.165, 1.54) is 22.3 Å². The second-order valence-electron chi connectivity index (χ2n) is 8.01. The molecule has 5 rings (SSSR count). The van der Waals surface area contributed by atoms with E-state index in [1.807, 2.05) is 54.6 Å². The molecular formula is C28H23ClN2O2. The smallest absolute Gasteiger partial charge is 0.407 e. The summed E-state index contributed by atoms with van der Waals surface area (Å²) in [6.07, 6.45) is 6.05. The van der Waals surface area contributed by atoms with E-state index in [0.29, 0.717) is 24.6 Å². The van der Waals surface area contributed by atoms with Crippen LogP contribution in [0.15, 0.2) is 85.1 Å². The molecule has 0 bridgehead atoms. The highest BCUT2D eigenvalue weighted by Gasteiger charge is 2.28. The van der Waals surface area contributed by atoms with Crippen molar-refractivity contribution in [1.29, 1.82) is 0 Å². The normalized spacial score (nSPS) is 12.6. The number of nitrogens with zero attached hydrogens (tertiary/aromatic N) is 1. The Morgan fingerprint density at radius 1 is 1.00 bits per heavy atom. The third-order valence-electron chi connectivity index (χ3n) is 5.95. The molecule has 0 unspecified atom stereocenters. The highest BCUT2D eigenvalue weighted by Crippen LogP contribution is 2.44. The lowest BCUT2D eigenvalue weighted by atomic mass is 9.98. The number of pyridine rings is 1. The standard InChI is InChI=1S/C28H23ClN2O2/c29-26-14-16-30-27-17-19(12-13-24(26)27)7-5-6-15-31-28(32)33-18-25-22-10-3-1-8-20(22)21-9-2-4-11-23(21)25/h1-5,7-14,16-17,25H,6,15,18H2,(H,31,32). The number of halogens is 1. The largest absolute Gasteiger partial charge is 0.449 e. The van der Waals surface area contributed by atoms with E-state index in [0.717, 1.165) is 16.5 Å². The first-order valence-electron chi connectivity index (χ1n) is 11.0. The van der Waals surface area contributed by atoms with Crippen LogP contribution >= 0.6 is 11.6 Å². The lowest BCUT2D eigenvalue weighted by Crippen LogP contribution is -2.26. The third-order valence-corrected chi connectivity index (χ3v) is 6.28. The lowest BCUT2D eigenvalue weighted by molar-refractivity contribution is 0.143. The van der Waals surface area contributed by atoms with Gasteiger partial charge in [0.1, 0.15) is 6.61 Å². The second-order valence-corrected chi connectivity index (χ2v) is 8.42. The minimum absolute atomic E-state index is 0.0677. The van der Waals surface area contributed by atoms with E-state index >= 15 is 0 Å².